The molecule has 3 heterocycles. The fraction of sp³-hybridized carbons (Fsp3) is 0.318. The van der Waals surface area contributed by atoms with Crippen molar-refractivity contribution < 1.29 is 22.5 Å². The molecule has 2 aromatic carbocycles. The Balaban J connectivity index is 0.00000245. The number of amides is 1. The largest absolute Gasteiger partial charge is 0.471 e. The second-order valence-corrected chi connectivity index (χ2v) is 7.80. The number of nitrogens with one attached hydrogen (secondary N) is 1. The number of aromatic nitrogens is 2. The van der Waals surface area contributed by atoms with E-state index in [4.69, 9.17) is 0 Å². The molecule has 0 bridgehead atoms. The molecule has 2 aliphatic rings. The zero-order valence-electron chi connectivity index (χ0n) is 16.8. The monoisotopic (exact) mass is 464 g/mol. The van der Waals surface area contributed by atoms with E-state index in [1.165, 1.54) is 5.56 Å². The van der Waals surface area contributed by atoms with Crippen LogP contribution in [0.1, 0.15) is 39.7 Å². The summed E-state index contributed by atoms with van der Waals surface area (Å²) in [5, 5.41) is 6.84. The van der Waals surface area contributed by atoms with Crippen molar-refractivity contribution in [2.75, 3.05) is 13.1 Å². The first-order valence-electron chi connectivity index (χ1n) is 10.0. The van der Waals surface area contributed by atoms with Crippen LogP contribution in [0.3, 0.4) is 0 Å². The highest BCUT2D eigenvalue weighted by atomic mass is 35.5. The summed E-state index contributed by atoms with van der Waals surface area (Å²) in [5.74, 6) is -1.55. The van der Waals surface area contributed by atoms with Crippen molar-refractivity contribution in [1.29, 1.82) is 0 Å². The third-order valence-corrected chi connectivity index (χ3v) is 5.94. The lowest BCUT2D eigenvalue weighted by atomic mass is 9.86. The zero-order valence-corrected chi connectivity index (χ0v) is 17.6. The van der Waals surface area contributed by atoms with Gasteiger partial charge in [-0.2, -0.15) is 18.2 Å². The van der Waals surface area contributed by atoms with Gasteiger partial charge in [0.1, 0.15) is 0 Å². The Bertz CT molecular complexity index is 1120. The summed E-state index contributed by atoms with van der Waals surface area (Å²) in [6.45, 7) is 2.08. The van der Waals surface area contributed by atoms with Crippen molar-refractivity contribution in [1.82, 2.24) is 20.4 Å². The Kier molecular flexibility index (Phi) is 5.96. The Morgan fingerprint density at radius 1 is 1.12 bits per heavy atom. The molecule has 0 saturated carbocycles. The first kappa shape index (κ1) is 22.3. The molecule has 168 valence electrons. The van der Waals surface area contributed by atoms with Gasteiger partial charge in [0, 0.05) is 36.2 Å². The van der Waals surface area contributed by atoms with Gasteiger partial charge in [-0.3, -0.25) is 4.79 Å². The van der Waals surface area contributed by atoms with Gasteiger partial charge in [0.05, 0.1) is 0 Å². The summed E-state index contributed by atoms with van der Waals surface area (Å²) in [5.41, 5.74) is 2.81. The van der Waals surface area contributed by atoms with Crippen molar-refractivity contribution in [2.45, 2.75) is 31.1 Å². The molecular weight excluding hydrogens is 445 g/mol. The molecule has 0 radical (unpaired) electrons. The van der Waals surface area contributed by atoms with Crippen LogP contribution in [0.2, 0.25) is 0 Å². The summed E-state index contributed by atoms with van der Waals surface area (Å²) in [6.07, 6.45) is -3.89. The lowest BCUT2D eigenvalue weighted by molar-refractivity contribution is -0.159. The highest BCUT2D eigenvalue weighted by Crippen LogP contribution is 2.36. The molecule has 0 spiro atoms. The van der Waals surface area contributed by atoms with Crippen LogP contribution >= 0.6 is 12.4 Å². The first-order chi connectivity index (χ1) is 14.9. The van der Waals surface area contributed by atoms with Crippen LogP contribution in [0.5, 0.6) is 0 Å². The first-order valence-corrected chi connectivity index (χ1v) is 10.0. The van der Waals surface area contributed by atoms with Crippen molar-refractivity contribution in [3.63, 3.8) is 0 Å². The molecule has 2 aliphatic heterocycles. The molecule has 1 saturated heterocycles. The summed E-state index contributed by atoms with van der Waals surface area (Å²) >= 11 is 0. The maximum absolute atomic E-state index is 13.3. The van der Waals surface area contributed by atoms with Gasteiger partial charge < -0.3 is 14.7 Å². The van der Waals surface area contributed by atoms with Crippen LogP contribution in [-0.4, -0.2) is 40.1 Å². The van der Waals surface area contributed by atoms with E-state index in [1.54, 1.807) is 18.2 Å². The minimum absolute atomic E-state index is 0. The lowest BCUT2D eigenvalue weighted by Crippen LogP contribution is -2.48. The van der Waals surface area contributed by atoms with Gasteiger partial charge in [0.15, 0.2) is 0 Å². The predicted octanol–water partition coefficient (Wildman–Crippen LogP) is 4.28. The van der Waals surface area contributed by atoms with Crippen molar-refractivity contribution >= 4 is 18.3 Å². The third kappa shape index (κ3) is 3.98. The number of hydrogen-bond acceptors (Lipinski definition) is 5. The fourth-order valence-electron chi connectivity index (χ4n) is 4.44. The Labute approximate surface area is 188 Å². The van der Waals surface area contributed by atoms with Crippen LogP contribution in [0, 0.1) is 0 Å². The second kappa shape index (κ2) is 8.55. The van der Waals surface area contributed by atoms with Gasteiger partial charge in [0.25, 0.3) is 5.91 Å². The number of rotatable bonds is 3. The van der Waals surface area contributed by atoms with E-state index in [9.17, 15) is 18.0 Å². The fourth-order valence-corrected chi connectivity index (χ4v) is 4.44. The molecule has 2 atom stereocenters. The normalized spacial score (nSPS) is 20.7. The van der Waals surface area contributed by atoms with Gasteiger partial charge in [-0.15, -0.1) is 12.4 Å². The van der Waals surface area contributed by atoms with Crippen LogP contribution in [-0.2, 0) is 12.7 Å². The highest BCUT2D eigenvalue weighted by molar-refractivity contribution is 5.99. The van der Waals surface area contributed by atoms with Gasteiger partial charge in [-0.05, 0) is 30.2 Å². The smallest absolute Gasteiger partial charge is 0.331 e. The summed E-state index contributed by atoms with van der Waals surface area (Å²) in [4.78, 5) is 18.6. The molecule has 1 aromatic heterocycles. The quantitative estimate of drug-likeness (QED) is 0.626. The average molecular weight is 465 g/mol. The van der Waals surface area contributed by atoms with Crippen molar-refractivity contribution in [3.8, 4) is 11.4 Å². The molecule has 1 N–H and O–H groups in total. The number of benzene rings is 2. The minimum atomic E-state index is -4.71. The molecule has 1 fully saturated rings. The molecule has 3 aromatic rings. The Morgan fingerprint density at radius 2 is 1.91 bits per heavy atom. The third-order valence-electron chi connectivity index (χ3n) is 5.94. The van der Waals surface area contributed by atoms with Gasteiger partial charge >= 0.3 is 12.1 Å². The van der Waals surface area contributed by atoms with E-state index in [0.29, 0.717) is 17.7 Å². The number of hydrogen-bond donors (Lipinski definition) is 1. The van der Waals surface area contributed by atoms with E-state index in [2.05, 4.69) is 32.1 Å². The van der Waals surface area contributed by atoms with Crippen LogP contribution in [0.15, 0.2) is 53.1 Å². The molecule has 0 aliphatic carbocycles. The topological polar surface area (TPSA) is 71.3 Å². The minimum Gasteiger partial charge on any atom is -0.331 e. The van der Waals surface area contributed by atoms with Crippen molar-refractivity contribution in [3.05, 3.63) is 71.1 Å². The predicted molar refractivity (Wildman–Crippen MR) is 112 cm³/mol. The van der Waals surface area contributed by atoms with E-state index in [1.807, 2.05) is 23.1 Å². The molecule has 6 nitrogen and oxygen atoms in total. The van der Waals surface area contributed by atoms with Gasteiger partial charge in [-0.1, -0.05) is 47.6 Å². The van der Waals surface area contributed by atoms with Crippen LogP contribution < -0.4 is 5.32 Å². The van der Waals surface area contributed by atoms with Gasteiger partial charge in [-0.25, -0.2) is 0 Å². The standard InChI is InChI=1S/C22H19F3N4O2.ClH/c23-22(24,25)21-27-19(28-31-21)14-6-7-15-12-29(20(30)16(15)10-14)18-8-9-26-11-17(18)13-4-2-1-3-5-13;/h1-7,10,17-18,26H,8-9,11-12H2;1H/t17-,18-;/m1./s1. The highest BCUT2D eigenvalue weighted by Gasteiger charge is 2.40. The molecule has 32 heavy (non-hydrogen) atoms. The van der Waals surface area contributed by atoms with E-state index in [0.717, 1.165) is 25.1 Å². The average Bonchev–Trinajstić information content (AvgIpc) is 3.40. The number of piperidine rings is 1. The number of fused-ring (bicyclic) bond motifs is 1. The van der Waals surface area contributed by atoms with Gasteiger partial charge in [0.2, 0.25) is 5.82 Å². The maximum Gasteiger partial charge on any atom is 0.471 e. The maximum atomic E-state index is 13.3. The Morgan fingerprint density at radius 3 is 2.62 bits per heavy atom. The van der Waals surface area contributed by atoms with E-state index >= 15 is 0 Å². The number of halogens is 4. The molecule has 1 amide bonds. The zero-order chi connectivity index (χ0) is 21.6. The lowest BCUT2D eigenvalue weighted by Gasteiger charge is -2.38. The molecule has 10 heteroatoms. The number of alkyl halides is 3. The molecule has 5 rings (SSSR count). The summed E-state index contributed by atoms with van der Waals surface area (Å²) < 4.78 is 42.6. The number of carbonyl (C=O) groups excluding carboxylic acids is 1. The second-order valence-electron chi connectivity index (χ2n) is 7.80. The van der Waals surface area contributed by atoms with E-state index < -0.39 is 12.1 Å². The number of carbonyl (C=O) groups is 1. The van der Waals surface area contributed by atoms with Crippen LogP contribution in [0.25, 0.3) is 11.4 Å². The molecular formula is C22H20ClF3N4O2. The SMILES string of the molecule is Cl.O=C1c2cc(-c3noc(C(F)(F)F)n3)ccc2CN1[C@@H]1CCNC[C@@H]1c1ccccc1. The number of nitrogens with zero attached hydrogens (tertiary/aromatic N) is 3. The van der Waals surface area contributed by atoms with E-state index in [-0.39, 0.29) is 36.1 Å². The summed E-state index contributed by atoms with van der Waals surface area (Å²) in [7, 11) is 0. The molecule has 0 unspecified atom stereocenters. The summed E-state index contributed by atoms with van der Waals surface area (Å²) in [6, 6.07) is 15.1. The Hall–Kier alpha value is -2.91. The van der Waals surface area contributed by atoms with Crippen LogP contribution in [0.4, 0.5) is 13.2 Å². The van der Waals surface area contributed by atoms with Crippen molar-refractivity contribution in [2.24, 2.45) is 0 Å².